The van der Waals surface area contributed by atoms with Crippen LogP contribution in [-0.4, -0.2) is 24.9 Å². The van der Waals surface area contributed by atoms with Crippen LogP contribution < -0.4 is 14.8 Å². The molecule has 1 N–H and O–H groups in total. The van der Waals surface area contributed by atoms with Gasteiger partial charge in [-0.15, -0.1) is 11.8 Å². The Balaban J connectivity index is 1.85. The highest BCUT2D eigenvalue weighted by molar-refractivity contribution is 7.99. The first-order chi connectivity index (χ1) is 12.2. The van der Waals surface area contributed by atoms with Crippen molar-refractivity contribution in [1.82, 2.24) is 0 Å². The van der Waals surface area contributed by atoms with Crippen LogP contribution in [0.1, 0.15) is 26.7 Å². The first kappa shape index (κ1) is 19.2. The Kier molecular flexibility index (Phi) is 8.19. The summed E-state index contributed by atoms with van der Waals surface area (Å²) in [4.78, 5) is 13.5. The van der Waals surface area contributed by atoms with Crippen molar-refractivity contribution in [3.8, 4) is 11.5 Å². The molecule has 0 unspecified atom stereocenters. The van der Waals surface area contributed by atoms with Crippen molar-refractivity contribution >= 4 is 23.4 Å². The summed E-state index contributed by atoms with van der Waals surface area (Å²) in [7, 11) is 0. The molecule has 0 saturated carbocycles. The molecule has 25 heavy (non-hydrogen) atoms. The van der Waals surface area contributed by atoms with E-state index < -0.39 is 0 Å². The van der Waals surface area contributed by atoms with Crippen molar-refractivity contribution in [2.45, 2.75) is 31.6 Å². The van der Waals surface area contributed by atoms with E-state index in [1.165, 1.54) is 4.90 Å². The van der Waals surface area contributed by atoms with E-state index in [2.05, 4.69) is 17.4 Å². The first-order valence-corrected chi connectivity index (χ1v) is 9.58. The summed E-state index contributed by atoms with van der Waals surface area (Å²) in [6.07, 6.45) is 1.30. The lowest BCUT2D eigenvalue weighted by atomic mass is 10.2. The van der Waals surface area contributed by atoms with Crippen molar-refractivity contribution in [3.63, 3.8) is 0 Å². The summed E-state index contributed by atoms with van der Waals surface area (Å²) >= 11 is 1.76. The molecule has 0 aromatic heterocycles. The van der Waals surface area contributed by atoms with Gasteiger partial charge in [0, 0.05) is 17.4 Å². The van der Waals surface area contributed by atoms with E-state index in [4.69, 9.17) is 9.47 Å². The Morgan fingerprint density at radius 1 is 1.04 bits per heavy atom. The van der Waals surface area contributed by atoms with Crippen molar-refractivity contribution in [2.75, 3.05) is 24.3 Å². The zero-order chi connectivity index (χ0) is 17.9. The van der Waals surface area contributed by atoms with Gasteiger partial charge in [-0.25, -0.2) is 0 Å². The van der Waals surface area contributed by atoms with E-state index in [1.54, 1.807) is 11.8 Å². The minimum Gasteiger partial charge on any atom is -0.494 e. The molecule has 2 aromatic rings. The fourth-order valence-electron chi connectivity index (χ4n) is 2.30. The third-order valence-corrected chi connectivity index (χ3v) is 4.49. The van der Waals surface area contributed by atoms with Gasteiger partial charge in [-0.1, -0.05) is 18.2 Å². The summed E-state index contributed by atoms with van der Waals surface area (Å²) < 4.78 is 11.1. The molecular weight excluding hydrogens is 334 g/mol. The third-order valence-electron chi connectivity index (χ3n) is 3.40. The molecule has 0 heterocycles. The molecule has 0 radical (unpaired) electrons. The second kappa shape index (κ2) is 10.7. The van der Waals surface area contributed by atoms with Gasteiger partial charge >= 0.3 is 0 Å². The molecule has 2 rings (SSSR count). The lowest BCUT2D eigenvalue weighted by molar-refractivity contribution is -0.116. The summed E-state index contributed by atoms with van der Waals surface area (Å²) in [6, 6.07) is 15.7. The Labute approximate surface area is 153 Å². The highest BCUT2D eigenvalue weighted by Crippen LogP contribution is 2.29. The predicted octanol–water partition coefficient (Wildman–Crippen LogP) is 5.00. The monoisotopic (exact) mass is 359 g/mol. The zero-order valence-electron chi connectivity index (χ0n) is 14.8. The molecule has 2 aromatic carbocycles. The van der Waals surface area contributed by atoms with Gasteiger partial charge in [-0.3, -0.25) is 4.79 Å². The second-order valence-electron chi connectivity index (χ2n) is 5.34. The molecule has 0 aliphatic carbocycles. The van der Waals surface area contributed by atoms with Crippen LogP contribution in [0.25, 0.3) is 0 Å². The summed E-state index contributed by atoms with van der Waals surface area (Å²) in [5.41, 5.74) is 0.661. The molecule has 0 aliphatic rings. The number of thioether (sulfide) groups is 1. The predicted molar refractivity (Wildman–Crippen MR) is 104 cm³/mol. The Hall–Kier alpha value is -2.14. The lowest BCUT2D eigenvalue weighted by Gasteiger charge is -2.13. The Morgan fingerprint density at radius 3 is 2.52 bits per heavy atom. The summed E-state index contributed by atoms with van der Waals surface area (Å²) in [5.74, 6) is 2.29. The lowest BCUT2D eigenvalue weighted by Crippen LogP contribution is -2.13. The maximum absolute atomic E-state index is 12.2. The van der Waals surface area contributed by atoms with E-state index in [0.717, 1.165) is 17.9 Å². The number of rotatable bonds is 10. The van der Waals surface area contributed by atoms with Crippen molar-refractivity contribution in [2.24, 2.45) is 0 Å². The van der Waals surface area contributed by atoms with Gasteiger partial charge in [0.2, 0.25) is 5.91 Å². The molecule has 0 bridgehead atoms. The zero-order valence-corrected chi connectivity index (χ0v) is 15.6. The molecule has 0 aliphatic heterocycles. The number of nitrogens with one attached hydrogen (secondary N) is 1. The van der Waals surface area contributed by atoms with Gasteiger partial charge in [-0.2, -0.15) is 0 Å². The van der Waals surface area contributed by atoms with Crippen LogP contribution in [0.3, 0.4) is 0 Å². The van der Waals surface area contributed by atoms with E-state index in [0.29, 0.717) is 31.1 Å². The molecule has 0 fully saturated rings. The maximum Gasteiger partial charge on any atom is 0.224 e. The van der Waals surface area contributed by atoms with Crippen LogP contribution in [0.5, 0.6) is 11.5 Å². The van der Waals surface area contributed by atoms with Gasteiger partial charge < -0.3 is 14.8 Å². The molecule has 134 valence electrons. The summed E-state index contributed by atoms with van der Waals surface area (Å²) in [6.45, 7) is 4.98. The van der Waals surface area contributed by atoms with Crippen LogP contribution in [0.2, 0.25) is 0 Å². The van der Waals surface area contributed by atoms with Crippen molar-refractivity contribution in [3.05, 3.63) is 48.5 Å². The third kappa shape index (κ3) is 6.70. The largest absolute Gasteiger partial charge is 0.494 e. The van der Waals surface area contributed by atoms with Gasteiger partial charge in [0.05, 0.1) is 18.9 Å². The minimum absolute atomic E-state index is 0.0109. The van der Waals surface area contributed by atoms with Gasteiger partial charge in [-0.05, 0) is 50.3 Å². The van der Waals surface area contributed by atoms with E-state index >= 15 is 0 Å². The van der Waals surface area contributed by atoms with Crippen molar-refractivity contribution in [1.29, 1.82) is 0 Å². The number of carbonyl (C=O) groups excluding carboxylic acids is 1. The maximum atomic E-state index is 12.2. The SMILES string of the molecule is CCOc1ccc(OCC)c(NC(=O)CCCSc2ccccc2)c1. The smallest absolute Gasteiger partial charge is 0.224 e. The normalized spacial score (nSPS) is 10.3. The second-order valence-corrected chi connectivity index (χ2v) is 6.51. The standard InChI is InChI=1S/C20H25NO3S/c1-3-23-16-12-13-19(24-4-2)18(15-16)21-20(22)11-8-14-25-17-9-6-5-7-10-17/h5-7,9-10,12-13,15H,3-4,8,11,14H2,1-2H3,(H,21,22). The van der Waals surface area contributed by atoms with E-state index in [1.807, 2.05) is 50.2 Å². The fraction of sp³-hybridized carbons (Fsp3) is 0.350. The van der Waals surface area contributed by atoms with Crippen LogP contribution >= 0.6 is 11.8 Å². The molecular formula is C20H25NO3S. The molecule has 0 atom stereocenters. The number of hydrogen-bond donors (Lipinski definition) is 1. The van der Waals surface area contributed by atoms with Gasteiger partial charge in [0.15, 0.2) is 0 Å². The highest BCUT2D eigenvalue weighted by Gasteiger charge is 2.10. The number of ether oxygens (including phenoxy) is 2. The van der Waals surface area contributed by atoms with Gasteiger partial charge in [0.1, 0.15) is 11.5 Å². The van der Waals surface area contributed by atoms with E-state index in [9.17, 15) is 4.79 Å². The number of amides is 1. The Bertz CT molecular complexity index is 661. The van der Waals surface area contributed by atoms with Crippen LogP contribution in [0.15, 0.2) is 53.4 Å². The average Bonchev–Trinajstić information content (AvgIpc) is 2.62. The van der Waals surface area contributed by atoms with Crippen LogP contribution in [-0.2, 0) is 4.79 Å². The number of benzene rings is 2. The molecule has 4 nitrogen and oxygen atoms in total. The number of anilines is 1. The minimum atomic E-state index is -0.0109. The first-order valence-electron chi connectivity index (χ1n) is 8.60. The molecule has 0 spiro atoms. The van der Waals surface area contributed by atoms with Crippen molar-refractivity contribution < 1.29 is 14.3 Å². The topological polar surface area (TPSA) is 47.6 Å². The molecule has 1 amide bonds. The van der Waals surface area contributed by atoms with E-state index in [-0.39, 0.29) is 5.91 Å². The number of hydrogen-bond acceptors (Lipinski definition) is 4. The van der Waals surface area contributed by atoms with Crippen LogP contribution in [0.4, 0.5) is 5.69 Å². The number of carbonyl (C=O) groups is 1. The molecule has 5 heteroatoms. The quantitative estimate of drug-likeness (QED) is 0.479. The van der Waals surface area contributed by atoms with Gasteiger partial charge in [0.25, 0.3) is 0 Å². The summed E-state index contributed by atoms with van der Waals surface area (Å²) in [5, 5.41) is 2.94. The van der Waals surface area contributed by atoms with Crippen LogP contribution in [0, 0.1) is 0 Å². The Morgan fingerprint density at radius 2 is 1.80 bits per heavy atom. The average molecular weight is 359 g/mol. The highest BCUT2D eigenvalue weighted by atomic mass is 32.2. The molecule has 0 saturated heterocycles. The fourth-order valence-corrected chi connectivity index (χ4v) is 3.17.